The van der Waals surface area contributed by atoms with Crippen molar-refractivity contribution in [3.8, 4) is 0 Å². The molecule has 82 valence electrons. The molecule has 1 amide bonds. The second kappa shape index (κ2) is 3.50. The Morgan fingerprint density at radius 1 is 1.50 bits per heavy atom. The first-order valence-corrected chi connectivity index (χ1v) is 5.72. The van der Waals surface area contributed by atoms with Crippen LogP contribution >= 0.6 is 11.8 Å². The Labute approximate surface area is 95.8 Å². The number of allylic oxidation sites excluding steroid dienone is 3. The molecule has 2 atom stereocenters. The van der Waals surface area contributed by atoms with Crippen LogP contribution in [0.2, 0.25) is 0 Å². The number of carbonyl (C=O) groups excluding carboxylic acids is 1. The van der Waals surface area contributed by atoms with E-state index in [0.29, 0.717) is 5.25 Å². The molecule has 1 aliphatic heterocycles. The van der Waals surface area contributed by atoms with Gasteiger partial charge in [-0.15, -0.1) is 0 Å². The van der Waals surface area contributed by atoms with Gasteiger partial charge < -0.3 is 4.57 Å². The van der Waals surface area contributed by atoms with E-state index in [4.69, 9.17) is 5.21 Å². The molecule has 0 bridgehead atoms. The van der Waals surface area contributed by atoms with Crippen LogP contribution in [0.4, 0.5) is 0 Å². The standard InChI is InChI=1S/C10H9N3O2S/c14-9(12-15)6-5-13-7-3-1-2-4-8(7)16-10(13)11-6/h1-5,7-8,15H,(H,12,14). The number of nitrogens with one attached hydrogen (secondary N) is 1. The third kappa shape index (κ3) is 1.30. The summed E-state index contributed by atoms with van der Waals surface area (Å²) >= 11 is 1.62. The molecule has 0 saturated carbocycles. The van der Waals surface area contributed by atoms with Crippen LogP contribution in [0.5, 0.6) is 0 Å². The Morgan fingerprint density at radius 2 is 2.31 bits per heavy atom. The van der Waals surface area contributed by atoms with Crippen molar-refractivity contribution in [3.63, 3.8) is 0 Å². The second-order valence-electron chi connectivity index (χ2n) is 3.60. The molecule has 0 fully saturated rings. The highest BCUT2D eigenvalue weighted by Gasteiger charge is 2.33. The highest BCUT2D eigenvalue weighted by atomic mass is 32.2. The van der Waals surface area contributed by atoms with Gasteiger partial charge in [-0.1, -0.05) is 36.1 Å². The lowest BCUT2D eigenvalue weighted by atomic mass is 10.1. The fourth-order valence-corrected chi connectivity index (χ4v) is 3.12. The monoisotopic (exact) mass is 235 g/mol. The maximum Gasteiger partial charge on any atom is 0.294 e. The van der Waals surface area contributed by atoms with E-state index in [-0.39, 0.29) is 11.7 Å². The Morgan fingerprint density at radius 3 is 3.12 bits per heavy atom. The van der Waals surface area contributed by atoms with Crippen molar-refractivity contribution < 1.29 is 10.0 Å². The molecule has 1 aromatic rings. The van der Waals surface area contributed by atoms with Gasteiger partial charge in [-0.05, 0) is 0 Å². The van der Waals surface area contributed by atoms with Crippen molar-refractivity contribution >= 4 is 17.7 Å². The first-order chi connectivity index (χ1) is 7.79. The molecule has 16 heavy (non-hydrogen) atoms. The second-order valence-corrected chi connectivity index (χ2v) is 4.74. The van der Waals surface area contributed by atoms with Gasteiger partial charge in [0.25, 0.3) is 5.91 Å². The molecule has 3 rings (SSSR count). The molecular weight excluding hydrogens is 226 g/mol. The summed E-state index contributed by atoms with van der Waals surface area (Å²) in [4.78, 5) is 15.4. The largest absolute Gasteiger partial charge is 0.317 e. The summed E-state index contributed by atoms with van der Waals surface area (Å²) in [7, 11) is 0. The average molecular weight is 235 g/mol. The fourth-order valence-electron chi connectivity index (χ4n) is 1.90. The van der Waals surface area contributed by atoms with Crippen LogP contribution in [0, 0.1) is 0 Å². The number of nitrogens with zero attached hydrogens (tertiary/aromatic N) is 2. The van der Waals surface area contributed by atoms with Gasteiger partial charge in [-0.25, -0.2) is 10.5 Å². The van der Waals surface area contributed by atoms with Crippen molar-refractivity contribution in [2.45, 2.75) is 16.4 Å². The van der Waals surface area contributed by atoms with E-state index < -0.39 is 5.91 Å². The minimum absolute atomic E-state index is 0.220. The van der Waals surface area contributed by atoms with Gasteiger partial charge in [0.05, 0.1) is 11.3 Å². The predicted octanol–water partition coefficient (Wildman–Crippen LogP) is 1.14. The lowest BCUT2D eigenvalue weighted by Gasteiger charge is -2.15. The SMILES string of the molecule is O=C(NO)c1cn2c(n1)SC1C=CC=CC12. The van der Waals surface area contributed by atoms with Gasteiger partial charge in [0.2, 0.25) is 0 Å². The maximum absolute atomic E-state index is 11.2. The molecule has 0 aromatic carbocycles. The number of hydrogen-bond donors (Lipinski definition) is 2. The fraction of sp³-hybridized carbons (Fsp3) is 0.200. The molecule has 5 nitrogen and oxygen atoms in total. The topological polar surface area (TPSA) is 67.2 Å². The van der Waals surface area contributed by atoms with Crippen LogP contribution in [0.1, 0.15) is 16.5 Å². The van der Waals surface area contributed by atoms with Crippen molar-refractivity contribution in [2.75, 3.05) is 0 Å². The Hall–Kier alpha value is -1.53. The lowest BCUT2D eigenvalue weighted by Crippen LogP contribution is -2.19. The Balaban J connectivity index is 1.98. The van der Waals surface area contributed by atoms with E-state index >= 15 is 0 Å². The third-order valence-electron chi connectivity index (χ3n) is 2.65. The van der Waals surface area contributed by atoms with E-state index in [1.54, 1.807) is 23.4 Å². The molecule has 1 aromatic heterocycles. The normalized spacial score (nSPS) is 25.3. The zero-order valence-electron chi connectivity index (χ0n) is 8.20. The number of hydroxylamine groups is 1. The minimum Gasteiger partial charge on any atom is -0.317 e. The number of fused-ring (bicyclic) bond motifs is 3. The molecule has 2 aliphatic rings. The van der Waals surface area contributed by atoms with Crippen LogP contribution in [0.25, 0.3) is 0 Å². The highest BCUT2D eigenvalue weighted by Crippen LogP contribution is 2.42. The predicted molar refractivity (Wildman–Crippen MR) is 58.4 cm³/mol. The quantitative estimate of drug-likeness (QED) is 0.566. The molecule has 0 spiro atoms. The van der Waals surface area contributed by atoms with E-state index in [1.807, 2.05) is 16.7 Å². The van der Waals surface area contributed by atoms with Crippen LogP contribution in [-0.2, 0) is 0 Å². The van der Waals surface area contributed by atoms with Crippen LogP contribution in [0.3, 0.4) is 0 Å². The van der Waals surface area contributed by atoms with Gasteiger partial charge in [0, 0.05) is 6.20 Å². The Kier molecular flexibility index (Phi) is 2.12. The minimum atomic E-state index is -0.575. The summed E-state index contributed by atoms with van der Waals surface area (Å²) in [5, 5.41) is 9.70. The van der Waals surface area contributed by atoms with Crippen molar-refractivity contribution in [2.24, 2.45) is 0 Å². The molecule has 0 saturated heterocycles. The molecule has 2 heterocycles. The average Bonchev–Trinajstić information content (AvgIpc) is 2.85. The van der Waals surface area contributed by atoms with E-state index in [0.717, 1.165) is 5.16 Å². The first kappa shape index (κ1) is 9.68. The van der Waals surface area contributed by atoms with Crippen molar-refractivity contribution in [1.29, 1.82) is 0 Å². The molecule has 2 unspecified atom stereocenters. The molecular formula is C10H9N3O2S. The van der Waals surface area contributed by atoms with Gasteiger partial charge in [0.1, 0.15) is 5.69 Å². The van der Waals surface area contributed by atoms with Crippen LogP contribution in [-0.4, -0.2) is 25.9 Å². The number of aromatic nitrogens is 2. The Bertz CT molecular complexity index is 506. The molecule has 2 N–H and O–H groups in total. The highest BCUT2D eigenvalue weighted by molar-refractivity contribution is 8.00. The number of amides is 1. The summed E-state index contributed by atoms with van der Waals surface area (Å²) in [6.45, 7) is 0. The molecule has 6 heteroatoms. The molecule has 1 aliphatic carbocycles. The number of carbonyl (C=O) groups is 1. The summed E-state index contributed by atoms with van der Waals surface area (Å²) in [6, 6.07) is 0.220. The zero-order valence-corrected chi connectivity index (χ0v) is 9.02. The van der Waals surface area contributed by atoms with Gasteiger partial charge >= 0.3 is 0 Å². The smallest absolute Gasteiger partial charge is 0.294 e. The van der Waals surface area contributed by atoms with Gasteiger partial charge in [0.15, 0.2) is 5.16 Å². The van der Waals surface area contributed by atoms with Crippen molar-refractivity contribution in [1.82, 2.24) is 15.0 Å². The summed E-state index contributed by atoms with van der Waals surface area (Å²) in [6.07, 6.45) is 9.87. The van der Waals surface area contributed by atoms with Gasteiger partial charge in [-0.2, -0.15) is 0 Å². The van der Waals surface area contributed by atoms with E-state index in [1.165, 1.54) is 0 Å². The first-order valence-electron chi connectivity index (χ1n) is 4.84. The van der Waals surface area contributed by atoms with Crippen molar-refractivity contribution in [3.05, 3.63) is 36.2 Å². The number of thioether (sulfide) groups is 1. The summed E-state index contributed by atoms with van der Waals surface area (Å²) in [5.41, 5.74) is 1.83. The van der Waals surface area contributed by atoms with Crippen LogP contribution < -0.4 is 5.48 Å². The third-order valence-corrected chi connectivity index (χ3v) is 3.87. The van der Waals surface area contributed by atoms with E-state index in [2.05, 4.69) is 17.1 Å². The summed E-state index contributed by atoms with van der Waals surface area (Å²) in [5.74, 6) is -0.575. The lowest BCUT2D eigenvalue weighted by molar-refractivity contribution is 0.0701. The van der Waals surface area contributed by atoms with Gasteiger partial charge in [-0.3, -0.25) is 10.0 Å². The zero-order chi connectivity index (χ0) is 11.1. The summed E-state index contributed by atoms with van der Waals surface area (Å²) < 4.78 is 1.96. The number of imidazole rings is 1. The number of rotatable bonds is 1. The molecule has 0 radical (unpaired) electrons. The number of hydrogen-bond acceptors (Lipinski definition) is 4. The van der Waals surface area contributed by atoms with E-state index in [9.17, 15) is 4.79 Å². The van der Waals surface area contributed by atoms with Crippen LogP contribution in [0.15, 0.2) is 35.7 Å². The maximum atomic E-state index is 11.2.